The molecule has 0 spiro atoms. The molecule has 0 saturated heterocycles. The van der Waals surface area contributed by atoms with Gasteiger partial charge in [-0.05, 0) is 24.1 Å². The van der Waals surface area contributed by atoms with Gasteiger partial charge in [0.2, 0.25) is 0 Å². The zero-order valence-corrected chi connectivity index (χ0v) is 9.84. The normalized spacial score (nSPS) is 13.5. The first-order valence-electron chi connectivity index (χ1n) is 5.44. The van der Waals surface area contributed by atoms with E-state index in [1.165, 1.54) is 6.07 Å². The van der Waals surface area contributed by atoms with Crippen LogP contribution in [0.4, 0.5) is 18.9 Å². The van der Waals surface area contributed by atoms with Gasteiger partial charge in [0, 0.05) is 0 Å². The maximum atomic E-state index is 12.4. The summed E-state index contributed by atoms with van der Waals surface area (Å²) in [6.45, 7) is 4.47. The Hall–Kier alpha value is -1.39. The van der Waals surface area contributed by atoms with Crippen molar-refractivity contribution in [3.05, 3.63) is 23.8 Å². The molecule has 0 radical (unpaired) electrons. The van der Waals surface area contributed by atoms with Crippen molar-refractivity contribution in [1.82, 2.24) is 0 Å². The molecule has 1 atom stereocenters. The molecule has 0 aliphatic carbocycles. The Kier molecular flexibility index (Phi) is 4.26. The summed E-state index contributed by atoms with van der Waals surface area (Å²) in [5.41, 5.74) is 4.78. The van der Waals surface area contributed by atoms with Crippen molar-refractivity contribution in [3.63, 3.8) is 0 Å². The third-order valence-electron chi connectivity index (χ3n) is 2.56. The Morgan fingerprint density at radius 3 is 2.47 bits per heavy atom. The van der Waals surface area contributed by atoms with Gasteiger partial charge in [-0.15, -0.1) is 0 Å². The molecule has 1 rings (SSSR count). The summed E-state index contributed by atoms with van der Waals surface area (Å²) in [7, 11) is 0. The Morgan fingerprint density at radius 2 is 2.00 bits per heavy atom. The monoisotopic (exact) mass is 247 g/mol. The van der Waals surface area contributed by atoms with E-state index in [1.54, 1.807) is 0 Å². The maximum Gasteiger partial charge on any atom is 0.416 e. The Bertz CT molecular complexity index is 377. The van der Waals surface area contributed by atoms with Crippen LogP contribution in [0.5, 0.6) is 5.75 Å². The van der Waals surface area contributed by atoms with Gasteiger partial charge >= 0.3 is 6.18 Å². The molecule has 2 N–H and O–H groups in total. The van der Waals surface area contributed by atoms with E-state index < -0.39 is 11.7 Å². The van der Waals surface area contributed by atoms with E-state index in [0.29, 0.717) is 18.3 Å². The summed E-state index contributed by atoms with van der Waals surface area (Å²) >= 11 is 0. The predicted molar refractivity (Wildman–Crippen MR) is 60.8 cm³/mol. The van der Waals surface area contributed by atoms with Crippen LogP contribution in [0.25, 0.3) is 0 Å². The van der Waals surface area contributed by atoms with E-state index in [2.05, 4.69) is 0 Å². The van der Waals surface area contributed by atoms with Crippen LogP contribution in [0, 0.1) is 5.92 Å². The van der Waals surface area contributed by atoms with Crippen molar-refractivity contribution in [2.45, 2.75) is 26.4 Å². The number of ether oxygens (including phenoxy) is 1. The van der Waals surface area contributed by atoms with Gasteiger partial charge in [-0.2, -0.15) is 13.2 Å². The van der Waals surface area contributed by atoms with Crippen LogP contribution >= 0.6 is 0 Å². The minimum Gasteiger partial charge on any atom is -0.491 e. The average molecular weight is 247 g/mol. The van der Waals surface area contributed by atoms with Crippen molar-refractivity contribution in [1.29, 1.82) is 0 Å². The number of alkyl halides is 3. The molecule has 1 aromatic rings. The van der Waals surface area contributed by atoms with Crippen LogP contribution in [0.1, 0.15) is 25.8 Å². The summed E-state index contributed by atoms with van der Waals surface area (Å²) in [5.74, 6) is 0.648. The number of nitrogens with two attached hydrogens (primary N) is 1. The lowest BCUT2D eigenvalue weighted by molar-refractivity contribution is -0.137. The highest BCUT2D eigenvalue weighted by Crippen LogP contribution is 2.33. The third-order valence-corrected chi connectivity index (χ3v) is 2.56. The zero-order chi connectivity index (χ0) is 13.1. The molecule has 0 amide bonds. The van der Waals surface area contributed by atoms with E-state index in [1.807, 2.05) is 13.8 Å². The summed E-state index contributed by atoms with van der Waals surface area (Å²) in [4.78, 5) is 0. The van der Waals surface area contributed by atoms with Crippen LogP contribution in [0.3, 0.4) is 0 Å². The Labute approximate surface area is 98.6 Å². The Morgan fingerprint density at radius 1 is 1.35 bits per heavy atom. The molecule has 0 saturated carbocycles. The molecule has 0 heterocycles. The molecule has 0 bridgehead atoms. The zero-order valence-electron chi connectivity index (χ0n) is 9.84. The summed E-state index contributed by atoms with van der Waals surface area (Å²) in [6.07, 6.45) is -3.43. The summed E-state index contributed by atoms with van der Waals surface area (Å²) in [6, 6.07) is 3.13. The lowest BCUT2D eigenvalue weighted by Gasteiger charge is -2.14. The Balaban J connectivity index is 2.77. The number of hydrogen-bond acceptors (Lipinski definition) is 2. The van der Waals surface area contributed by atoms with Crippen molar-refractivity contribution < 1.29 is 17.9 Å². The van der Waals surface area contributed by atoms with Gasteiger partial charge in [-0.25, -0.2) is 0 Å². The number of anilines is 1. The van der Waals surface area contributed by atoms with Crippen molar-refractivity contribution >= 4 is 5.69 Å². The molecule has 0 aliphatic heterocycles. The minimum absolute atomic E-state index is 0.0168. The lowest BCUT2D eigenvalue weighted by atomic mass is 10.1. The van der Waals surface area contributed by atoms with Crippen molar-refractivity contribution in [3.8, 4) is 5.75 Å². The van der Waals surface area contributed by atoms with Gasteiger partial charge in [0.1, 0.15) is 5.75 Å². The molecule has 96 valence electrons. The highest BCUT2D eigenvalue weighted by Gasteiger charge is 2.30. The quantitative estimate of drug-likeness (QED) is 0.823. The predicted octanol–water partition coefficient (Wildman–Crippen LogP) is 3.71. The average Bonchev–Trinajstić information content (AvgIpc) is 2.25. The summed E-state index contributed by atoms with van der Waals surface area (Å²) < 4.78 is 42.5. The standard InChI is InChI=1S/C12H16F3NO/c1-3-8(2)7-17-11-5-4-9(6-10(11)16)12(13,14)15/h4-6,8H,3,7,16H2,1-2H3. The molecule has 0 aliphatic rings. The number of halogens is 3. The second-order valence-corrected chi connectivity index (χ2v) is 4.07. The molecule has 2 nitrogen and oxygen atoms in total. The molecule has 17 heavy (non-hydrogen) atoms. The van der Waals surface area contributed by atoms with Crippen LogP contribution in [0.15, 0.2) is 18.2 Å². The molecule has 1 aromatic carbocycles. The highest BCUT2D eigenvalue weighted by atomic mass is 19.4. The largest absolute Gasteiger partial charge is 0.491 e. The fourth-order valence-corrected chi connectivity index (χ4v) is 1.21. The molecule has 1 unspecified atom stereocenters. The molecule has 0 aromatic heterocycles. The van der Waals surface area contributed by atoms with Gasteiger partial charge in [0.15, 0.2) is 0 Å². The molecular weight excluding hydrogens is 231 g/mol. The van der Waals surface area contributed by atoms with Gasteiger partial charge in [0.25, 0.3) is 0 Å². The van der Waals surface area contributed by atoms with Gasteiger partial charge in [0.05, 0.1) is 17.9 Å². The van der Waals surface area contributed by atoms with E-state index >= 15 is 0 Å². The van der Waals surface area contributed by atoms with Crippen molar-refractivity contribution in [2.24, 2.45) is 5.92 Å². The van der Waals surface area contributed by atoms with Gasteiger partial charge in [-0.3, -0.25) is 0 Å². The summed E-state index contributed by atoms with van der Waals surface area (Å²) in [5, 5.41) is 0. The molecule has 5 heteroatoms. The van der Waals surface area contributed by atoms with Crippen LogP contribution in [-0.4, -0.2) is 6.61 Å². The first kappa shape index (κ1) is 13.7. The van der Waals surface area contributed by atoms with E-state index in [9.17, 15) is 13.2 Å². The molecule has 0 fully saturated rings. The van der Waals surface area contributed by atoms with E-state index in [-0.39, 0.29) is 5.69 Å². The van der Waals surface area contributed by atoms with E-state index in [0.717, 1.165) is 18.6 Å². The molecular formula is C12H16F3NO. The fourth-order valence-electron chi connectivity index (χ4n) is 1.21. The highest BCUT2D eigenvalue weighted by molar-refractivity contribution is 5.54. The smallest absolute Gasteiger partial charge is 0.416 e. The first-order chi connectivity index (χ1) is 7.84. The number of rotatable bonds is 4. The SMILES string of the molecule is CCC(C)COc1ccc(C(F)(F)F)cc1N. The number of nitrogen functional groups attached to an aromatic ring is 1. The topological polar surface area (TPSA) is 35.2 Å². The number of benzene rings is 1. The second-order valence-electron chi connectivity index (χ2n) is 4.07. The fraction of sp³-hybridized carbons (Fsp3) is 0.500. The minimum atomic E-state index is -4.37. The van der Waals surface area contributed by atoms with Crippen LogP contribution in [0.2, 0.25) is 0 Å². The van der Waals surface area contributed by atoms with Crippen LogP contribution < -0.4 is 10.5 Å². The van der Waals surface area contributed by atoms with Crippen LogP contribution in [-0.2, 0) is 6.18 Å². The number of hydrogen-bond donors (Lipinski definition) is 1. The lowest BCUT2D eigenvalue weighted by Crippen LogP contribution is -2.10. The van der Waals surface area contributed by atoms with Gasteiger partial charge in [-0.1, -0.05) is 20.3 Å². The van der Waals surface area contributed by atoms with E-state index in [4.69, 9.17) is 10.5 Å². The first-order valence-corrected chi connectivity index (χ1v) is 5.44. The third kappa shape index (κ3) is 3.84. The maximum absolute atomic E-state index is 12.4. The van der Waals surface area contributed by atoms with Crippen molar-refractivity contribution in [2.75, 3.05) is 12.3 Å². The second kappa shape index (κ2) is 5.29. The van der Waals surface area contributed by atoms with Gasteiger partial charge < -0.3 is 10.5 Å².